The lowest BCUT2D eigenvalue weighted by molar-refractivity contribution is -0.136. The molecule has 1 aromatic heterocycles. The number of nitriles is 1. The number of ether oxygens (including phenoxy) is 2. The molecule has 0 amide bonds. The predicted octanol–water partition coefficient (Wildman–Crippen LogP) is 0.638. The predicted molar refractivity (Wildman–Crippen MR) is 73.7 cm³/mol. The van der Waals surface area contributed by atoms with Crippen molar-refractivity contribution >= 4 is 45.9 Å². The van der Waals surface area contributed by atoms with Crippen molar-refractivity contribution in [2.45, 2.75) is 13.8 Å². The summed E-state index contributed by atoms with van der Waals surface area (Å²) in [5, 5.41) is 8.93. The Bertz CT molecular complexity index is 639. The van der Waals surface area contributed by atoms with Gasteiger partial charge in [-0.2, -0.15) is 5.26 Å². The Labute approximate surface area is 123 Å². The Balaban J connectivity index is 3.25. The molecule has 104 valence electrons. The summed E-state index contributed by atoms with van der Waals surface area (Å²) in [5.41, 5.74) is -0.245. The molecule has 0 spiro atoms. The number of carbonyl (C=O) groups excluding carboxylic acids is 2. The molecule has 0 atom stereocenters. The normalized spacial score (nSPS) is 9.20. The molecule has 20 heavy (non-hydrogen) atoms. The van der Waals surface area contributed by atoms with Crippen LogP contribution in [0.4, 0.5) is 0 Å². The van der Waals surface area contributed by atoms with Crippen LogP contribution in [0.15, 0.2) is 0 Å². The standard InChI is InChI=1S/C12H10N2O4S2/c1-4-17-9(15)7(6-13)11-19-12(20-11)8(14-3)10(16)18-5-2/h4-5H2,1-2H3. The van der Waals surface area contributed by atoms with Crippen molar-refractivity contribution < 1.29 is 19.1 Å². The number of hydrogen-bond acceptors (Lipinski definition) is 7. The van der Waals surface area contributed by atoms with Crippen LogP contribution in [0.2, 0.25) is 0 Å². The summed E-state index contributed by atoms with van der Waals surface area (Å²) < 4.78 is 10.3. The molecular formula is C12H10N2O4S2. The van der Waals surface area contributed by atoms with E-state index in [0.717, 1.165) is 22.7 Å². The fraction of sp³-hybridized carbons (Fsp3) is 0.333. The molecule has 6 nitrogen and oxygen atoms in total. The molecule has 0 unspecified atom stereocenters. The number of carbonyl (C=O) groups is 2. The molecule has 0 bridgehead atoms. The molecule has 0 aliphatic heterocycles. The first-order valence-corrected chi connectivity index (χ1v) is 7.18. The van der Waals surface area contributed by atoms with Crippen LogP contribution >= 0.6 is 22.7 Å². The van der Waals surface area contributed by atoms with Gasteiger partial charge in [0.15, 0.2) is 5.57 Å². The molecule has 0 aromatic carbocycles. The summed E-state index contributed by atoms with van der Waals surface area (Å²) >= 11 is 2.06. The zero-order valence-electron chi connectivity index (χ0n) is 10.8. The van der Waals surface area contributed by atoms with E-state index in [1.807, 2.05) is 0 Å². The van der Waals surface area contributed by atoms with Gasteiger partial charge < -0.3 is 9.47 Å². The molecule has 0 aliphatic carbocycles. The molecule has 0 saturated heterocycles. The fourth-order valence-corrected chi connectivity index (χ4v) is 3.14. The first-order chi connectivity index (χ1) is 9.58. The van der Waals surface area contributed by atoms with Crippen molar-refractivity contribution in [3.05, 3.63) is 19.1 Å². The molecule has 8 heteroatoms. The van der Waals surface area contributed by atoms with Crippen LogP contribution < -0.4 is 7.69 Å². The number of hydrogen-bond donors (Lipinski definition) is 0. The van der Waals surface area contributed by atoms with Crippen LogP contribution in [0.5, 0.6) is 0 Å². The van der Waals surface area contributed by atoms with Gasteiger partial charge in [-0.25, -0.2) is 9.64 Å². The summed E-state index contributed by atoms with van der Waals surface area (Å²) in [6, 6.07) is 1.77. The van der Waals surface area contributed by atoms with Crippen LogP contribution in [0.25, 0.3) is 16.1 Å². The van der Waals surface area contributed by atoms with E-state index in [2.05, 4.69) is 4.85 Å². The van der Waals surface area contributed by atoms with Crippen molar-refractivity contribution in [1.29, 1.82) is 5.26 Å². The highest BCUT2D eigenvalue weighted by Crippen LogP contribution is 2.06. The van der Waals surface area contributed by atoms with E-state index in [1.165, 1.54) is 0 Å². The minimum atomic E-state index is -0.704. The third kappa shape index (κ3) is 3.44. The third-order valence-electron chi connectivity index (χ3n) is 1.94. The van der Waals surface area contributed by atoms with Crippen molar-refractivity contribution in [2.75, 3.05) is 13.2 Å². The topological polar surface area (TPSA) is 80.8 Å². The lowest BCUT2D eigenvalue weighted by atomic mass is 10.3. The average molecular weight is 310 g/mol. The van der Waals surface area contributed by atoms with Gasteiger partial charge in [-0.3, -0.25) is 4.79 Å². The molecule has 0 fully saturated rings. The van der Waals surface area contributed by atoms with E-state index in [4.69, 9.17) is 21.3 Å². The number of esters is 2. The van der Waals surface area contributed by atoms with Gasteiger partial charge >= 0.3 is 11.9 Å². The van der Waals surface area contributed by atoms with Gasteiger partial charge in [-0.15, -0.1) is 22.7 Å². The quantitative estimate of drug-likeness (QED) is 0.602. The second-order valence-corrected chi connectivity index (χ2v) is 5.73. The lowest BCUT2D eigenvalue weighted by Gasteiger charge is -2.02. The Morgan fingerprint density at radius 3 is 2.20 bits per heavy atom. The maximum atomic E-state index is 11.5. The highest BCUT2D eigenvalue weighted by Gasteiger charge is 2.18. The average Bonchev–Trinajstić information content (AvgIpc) is 2.37. The van der Waals surface area contributed by atoms with Crippen LogP contribution in [0.3, 0.4) is 0 Å². The van der Waals surface area contributed by atoms with E-state index >= 15 is 0 Å². The van der Waals surface area contributed by atoms with Gasteiger partial charge in [0.25, 0.3) is 5.70 Å². The fourth-order valence-electron chi connectivity index (χ4n) is 1.13. The van der Waals surface area contributed by atoms with Crippen molar-refractivity contribution in [1.82, 2.24) is 0 Å². The molecule has 1 rings (SSSR count). The van der Waals surface area contributed by atoms with Crippen molar-refractivity contribution in [3.63, 3.8) is 0 Å². The Morgan fingerprint density at radius 1 is 1.20 bits per heavy atom. The summed E-state index contributed by atoms with van der Waals surface area (Å²) in [4.78, 5) is 26.1. The van der Waals surface area contributed by atoms with Gasteiger partial charge in [0.2, 0.25) is 0 Å². The smallest absolute Gasteiger partial charge is 0.351 e. The highest BCUT2D eigenvalue weighted by molar-refractivity contribution is 7.36. The molecule has 0 N–H and O–H groups in total. The molecular weight excluding hydrogens is 300 g/mol. The van der Waals surface area contributed by atoms with E-state index in [9.17, 15) is 9.59 Å². The maximum absolute atomic E-state index is 11.5. The van der Waals surface area contributed by atoms with E-state index in [1.54, 1.807) is 19.9 Å². The van der Waals surface area contributed by atoms with Crippen LogP contribution in [0, 0.1) is 17.9 Å². The summed E-state index contributed by atoms with van der Waals surface area (Å²) in [6.07, 6.45) is 0. The zero-order chi connectivity index (χ0) is 15.1. The first kappa shape index (κ1) is 15.9. The molecule has 0 aliphatic rings. The number of nitrogens with zero attached hydrogens (tertiary/aromatic N) is 2. The number of rotatable bonds is 4. The highest BCUT2D eigenvalue weighted by atomic mass is 32.2. The second kappa shape index (κ2) is 7.43. The summed E-state index contributed by atoms with van der Waals surface area (Å²) in [6.45, 7) is 10.6. The Hall–Kier alpha value is -2.16. The van der Waals surface area contributed by atoms with Gasteiger partial charge in [0.1, 0.15) is 9.92 Å². The monoisotopic (exact) mass is 310 g/mol. The Morgan fingerprint density at radius 2 is 1.75 bits per heavy atom. The molecule has 0 radical (unpaired) electrons. The first-order valence-electron chi connectivity index (χ1n) is 5.55. The summed E-state index contributed by atoms with van der Waals surface area (Å²) in [7, 11) is 0. The van der Waals surface area contributed by atoms with Crippen LogP contribution in [0.1, 0.15) is 13.8 Å². The van der Waals surface area contributed by atoms with Crippen molar-refractivity contribution in [3.8, 4) is 6.07 Å². The van der Waals surface area contributed by atoms with Gasteiger partial charge in [-0.05, 0) is 13.8 Å². The van der Waals surface area contributed by atoms with E-state index in [-0.39, 0.29) is 24.5 Å². The summed E-state index contributed by atoms with van der Waals surface area (Å²) in [5.74, 6) is -1.41. The van der Waals surface area contributed by atoms with E-state index in [0.29, 0.717) is 7.69 Å². The second-order valence-electron chi connectivity index (χ2n) is 3.17. The minimum Gasteiger partial charge on any atom is -0.471 e. The van der Waals surface area contributed by atoms with Gasteiger partial charge in [0.05, 0.1) is 23.6 Å². The van der Waals surface area contributed by atoms with Crippen LogP contribution in [-0.4, -0.2) is 25.2 Å². The molecule has 1 aromatic rings. The van der Waals surface area contributed by atoms with E-state index < -0.39 is 11.9 Å². The maximum Gasteiger partial charge on any atom is 0.351 e. The zero-order valence-corrected chi connectivity index (χ0v) is 12.4. The van der Waals surface area contributed by atoms with Gasteiger partial charge in [0, 0.05) is 0 Å². The lowest BCUT2D eigenvalue weighted by Crippen LogP contribution is -2.22. The SMILES string of the molecule is [C-]#[N+]C(C(=O)OCC)=c1sc(=C(C#N)C(=O)OCC)s1. The minimum absolute atomic E-state index is 0.112. The molecule has 0 saturated carbocycles. The van der Waals surface area contributed by atoms with Crippen molar-refractivity contribution in [2.24, 2.45) is 0 Å². The largest absolute Gasteiger partial charge is 0.471 e. The third-order valence-corrected chi connectivity index (χ3v) is 4.48. The van der Waals surface area contributed by atoms with Crippen LogP contribution in [-0.2, 0) is 19.1 Å². The van der Waals surface area contributed by atoms with Gasteiger partial charge in [-0.1, -0.05) is 0 Å². The Kier molecular flexibility index (Phi) is 5.91. The molecule has 1 heterocycles.